The molecule has 0 saturated carbocycles. The lowest BCUT2D eigenvalue weighted by atomic mass is 10.2. The van der Waals surface area contributed by atoms with Gasteiger partial charge < -0.3 is 29.2 Å². The van der Waals surface area contributed by atoms with Crippen molar-refractivity contribution in [2.75, 3.05) is 37.5 Å². The summed E-state index contributed by atoms with van der Waals surface area (Å²) >= 11 is 0. The first-order valence-corrected chi connectivity index (χ1v) is 11.9. The Kier molecular flexibility index (Phi) is 6.89. The molecule has 0 unspecified atom stereocenters. The summed E-state index contributed by atoms with van der Waals surface area (Å²) in [5.41, 5.74) is 1.37. The number of ether oxygens (including phenoxy) is 3. The Bertz CT molecular complexity index is 1460. The molecular formula is C22H24N6O6S. The predicted molar refractivity (Wildman–Crippen MR) is 129 cm³/mol. The summed E-state index contributed by atoms with van der Waals surface area (Å²) in [6.45, 7) is -0.223. The average Bonchev–Trinajstić information content (AvgIpc) is 3.30. The minimum Gasteiger partial charge on any atom is -0.497 e. The Morgan fingerprint density at radius 1 is 1.06 bits per heavy atom. The van der Waals surface area contributed by atoms with E-state index in [2.05, 4.69) is 25.0 Å². The molecule has 4 aromatic rings. The Labute approximate surface area is 201 Å². The number of nitrogens with one attached hydrogen (secondary N) is 2. The van der Waals surface area contributed by atoms with Gasteiger partial charge in [-0.05, 0) is 12.1 Å². The van der Waals surface area contributed by atoms with E-state index in [0.29, 0.717) is 28.2 Å². The summed E-state index contributed by atoms with van der Waals surface area (Å²) in [5, 5.41) is 12.2. The molecule has 0 radical (unpaired) electrons. The number of hydrogen-bond donors (Lipinski definition) is 3. The number of benzene rings is 2. The molecular weight excluding hydrogens is 476 g/mol. The molecule has 12 nitrogen and oxygen atoms in total. The van der Waals surface area contributed by atoms with Gasteiger partial charge in [-0.1, -0.05) is 12.1 Å². The molecule has 184 valence electrons. The van der Waals surface area contributed by atoms with Crippen molar-refractivity contribution in [2.24, 2.45) is 7.05 Å². The van der Waals surface area contributed by atoms with Gasteiger partial charge in [-0.25, -0.2) is 15.0 Å². The molecule has 0 aliphatic rings. The Morgan fingerprint density at radius 3 is 2.37 bits per heavy atom. The summed E-state index contributed by atoms with van der Waals surface area (Å²) in [6, 6.07) is 10.3. The third kappa shape index (κ3) is 5.20. The van der Waals surface area contributed by atoms with Crippen LogP contribution in [-0.4, -0.2) is 60.5 Å². The van der Waals surface area contributed by atoms with Crippen LogP contribution in [0.1, 0.15) is 0 Å². The highest BCUT2D eigenvalue weighted by Gasteiger charge is 2.23. The molecule has 0 fully saturated rings. The first-order valence-electron chi connectivity index (χ1n) is 10.4. The highest BCUT2D eigenvalue weighted by Crippen LogP contribution is 2.41. The molecule has 2 heterocycles. The maximum Gasteiger partial charge on any atom is 0.282 e. The van der Waals surface area contributed by atoms with Crippen molar-refractivity contribution in [3.63, 3.8) is 0 Å². The molecule has 2 aromatic carbocycles. The van der Waals surface area contributed by atoms with Crippen LogP contribution in [0.15, 0.2) is 53.9 Å². The predicted octanol–water partition coefficient (Wildman–Crippen LogP) is 2.30. The first kappa shape index (κ1) is 24.0. The van der Waals surface area contributed by atoms with Crippen molar-refractivity contribution in [3.05, 3.63) is 48.9 Å². The average molecular weight is 501 g/mol. The second-order valence-corrected chi connectivity index (χ2v) is 8.93. The van der Waals surface area contributed by atoms with Crippen molar-refractivity contribution in [2.45, 2.75) is 5.03 Å². The third-order valence-corrected chi connectivity index (χ3v) is 6.06. The van der Waals surface area contributed by atoms with Gasteiger partial charge in [0.1, 0.15) is 12.4 Å². The van der Waals surface area contributed by atoms with Crippen LogP contribution in [0.25, 0.3) is 11.0 Å². The lowest BCUT2D eigenvalue weighted by molar-refractivity contribution is 0.197. The van der Waals surface area contributed by atoms with Gasteiger partial charge in [0.05, 0.1) is 43.9 Å². The van der Waals surface area contributed by atoms with Crippen molar-refractivity contribution in [1.29, 1.82) is 0 Å². The van der Waals surface area contributed by atoms with Crippen molar-refractivity contribution >= 4 is 38.4 Å². The summed E-state index contributed by atoms with van der Waals surface area (Å²) in [5.74, 6) is 1.11. The van der Waals surface area contributed by atoms with Crippen LogP contribution in [0.5, 0.6) is 17.2 Å². The van der Waals surface area contributed by atoms with E-state index >= 15 is 0 Å². The maximum atomic E-state index is 13.0. The van der Waals surface area contributed by atoms with Crippen LogP contribution >= 0.6 is 0 Å². The number of nitrogens with zero attached hydrogens (tertiary/aromatic N) is 4. The number of aliphatic hydroxyl groups excluding tert-OH is 1. The fourth-order valence-corrected chi connectivity index (χ4v) is 4.22. The number of aryl methyl sites for hydroxylation is 1. The molecule has 4 rings (SSSR count). The SMILES string of the molecule is COc1cc(Nc2nc3ccccc3nc2NS(=O)(=O)c2cn(C)cn2)c(OCCO)c(OC)c1. The number of rotatable bonds is 10. The van der Waals surface area contributed by atoms with Gasteiger partial charge >= 0.3 is 0 Å². The minimum atomic E-state index is -4.06. The van der Waals surface area contributed by atoms with E-state index < -0.39 is 10.0 Å². The fourth-order valence-electron chi connectivity index (χ4n) is 3.23. The molecule has 0 atom stereocenters. The smallest absolute Gasteiger partial charge is 0.282 e. The summed E-state index contributed by atoms with van der Waals surface area (Å²) in [7, 11) is 0.562. The number of para-hydroxylation sites is 2. The molecule has 0 amide bonds. The summed E-state index contributed by atoms with van der Waals surface area (Å²) in [4.78, 5) is 13.0. The van der Waals surface area contributed by atoms with Crippen LogP contribution < -0.4 is 24.2 Å². The number of imidazole rings is 1. The summed E-state index contributed by atoms with van der Waals surface area (Å²) < 4.78 is 46.4. The number of aromatic nitrogens is 4. The molecule has 13 heteroatoms. The molecule has 0 bridgehead atoms. The Balaban J connectivity index is 1.83. The van der Waals surface area contributed by atoms with Gasteiger partial charge in [-0.3, -0.25) is 4.72 Å². The highest BCUT2D eigenvalue weighted by molar-refractivity contribution is 7.92. The monoisotopic (exact) mass is 500 g/mol. The maximum absolute atomic E-state index is 13.0. The molecule has 0 saturated heterocycles. The van der Waals surface area contributed by atoms with Crippen LogP contribution in [0.2, 0.25) is 0 Å². The van der Waals surface area contributed by atoms with Gasteiger partial charge in [0.15, 0.2) is 28.2 Å². The van der Waals surface area contributed by atoms with E-state index in [4.69, 9.17) is 14.2 Å². The molecule has 0 aliphatic carbocycles. The van der Waals surface area contributed by atoms with Gasteiger partial charge in [-0.2, -0.15) is 8.42 Å². The zero-order valence-electron chi connectivity index (χ0n) is 19.2. The van der Waals surface area contributed by atoms with Gasteiger partial charge in [-0.15, -0.1) is 0 Å². The van der Waals surface area contributed by atoms with Crippen LogP contribution in [-0.2, 0) is 17.1 Å². The van der Waals surface area contributed by atoms with Crippen LogP contribution in [0, 0.1) is 0 Å². The van der Waals surface area contributed by atoms with E-state index in [1.54, 1.807) is 43.4 Å². The number of aliphatic hydroxyl groups is 1. The largest absolute Gasteiger partial charge is 0.497 e. The van der Waals surface area contributed by atoms with E-state index in [1.165, 1.54) is 31.3 Å². The lowest BCUT2D eigenvalue weighted by Gasteiger charge is -2.18. The van der Waals surface area contributed by atoms with Gasteiger partial charge in [0, 0.05) is 25.4 Å². The molecule has 0 aliphatic heterocycles. The normalized spacial score (nSPS) is 11.3. The summed E-state index contributed by atoms with van der Waals surface area (Å²) in [6.07, 6.45) is 2.75. The number of anilines is 3. The molecule has 0 spiro atoms. The highest BCUT2D eigenvalue weighted by atomic mass is 32.2. The number of methoxy groups -OCH3 is 2. The quantitative estimate of drug-likeness (QED) is 0.296. The lowest BCUT2D eigenvalue weighted by Crippen LogP contribution is -2.16. The first-order chi connectivity index (χ1) is 16.8. The second-order valence-electron chi connectivity index (χ2n) is 7.30. The number of hydrogen-bond acceptors (Lipinski definition) is 10. The van der Waals surface area contributed by atoms with E-state index in [0.717, 1.165) is 0 Å². The zero-order valence-corrected chi connectivity index (χ0v) is 20.0. The zero-order chi connectivity index (χ0) is 25.0. The fraction of sp³-hybridized carbons (Fsp3) is 0.227. The van der Waals surface area contributed by atoms with Crippen LogP contribution in [0.3, 0.4) is 0 Å². The molecule has 35 heavy (non-hydrogen) atoms. The van der Waals surface area contributed by atoms with Crippen molar-refractivity contribution in [1.82, 2.24) is 19.5 Å². The van der Waals surface area contributed by atoms with E-state index in [1.807, 2.05) is 0 Å². The Hall–Kier alpha value is -4.10. The van der Waals surface area contributed by atoms with Gasteiger partial charge in [0.25, 0.3) is 10.0 Å². The number of sulfonamides is 1. The van der Waals surface area contributed by atoms with Crippen molar-refractivity contribution < 1.29 is 27.7 Å². The van der Waals surface area contributed by atoms with Gasteiger partial charge in [0.2, 0.25) is 0 Å². The second kappa shape index (κ2) is 10.0. The minimum absolute atomic E-state index is 0.0000688. The standard InChI is InChI=1S/C22H24N6O6S/c1-28-12-19(23-13-28)35(30,31)27-22-21(24-15-6-4-5-7-16(15)25-22)26-17-10-14(32-2)11-18(33-3)20(17)34-9-8-29/h4-7,10-13,29H,8-9H2,1-3H3,(H,24,26)(H,25,27). The van der Waals surface area contributed by atoms with Crippen molar-refractivity contribution in [3.8, 4) is 17.2 Å². The topological polar surface area (TPSA) is 150 Å². The van der Waals surface area contributed by atoms with E-state index in [9.17, 15) is 13.5 Å². The van der Waals surface area contributed by atoms with E-state index in [-0.39, 0.29) is 35.6 Å². The third-order valence-electron chi connectivity index (χ3n) is 4.83. The molecule has 2 aromatic heterocycles. The number of fused-ring (bicyclic) bond motifs is 1. The Morgan fingerprint density at radius 2 is 1.77 bits per heavy atom. The van der Waals surface area contributed by atoms with Crippen LogP contribution in [0.4, 0.5) is 17.3 Å². The molecule has 3 N–H and O–H groups in total.